The SMILES string of the molecule is Cc1cc(C)cc(CC2(O)CC3CN(CC(O)c4ccc(O)cc4)CC3C2)c1. The summed E-state index contributed by atoms with van der Waals surface area (Å²) in [4.78, 5) is 2.32. The smallest absolute Gasteiger partial charge is 0.115 e. The van der Waals surface area contributed by atoms with Crippen molar-refractivity contribution in [1.29, 1.82) is 0 Å². The number of aromatic hydroxyl groups is 1. The molecule has 4 rings (SSSR count). The van der Waals surface area contributed by atoms with Gasteiger partial charge in [-0.2, -0.15) is 0 Å². The standard InChI is InChI=1S/C24H31NO3/c1-16-7-17(2)9-18(8-16)10-24(28)11-20-13-25(14-21(20)12-24)15-23(27)19-3-5-22(26)6-4-19/h3-9,20-21,23,26-28H,10-15H2,1-2H3. The molecule has 0 bridgehead atoms. The first-order valence-electron chi connectivity index (χ1n) is 10.3. The van der Waals surface area contributed by atoms with Gasteiger partial charge >= 0.3 is 0 Å². The number of hydrogen-bond donors (Lipinski definition) is 3. The molecule has 4 nitrogen and oxygen atoms in total. The second kappa shape index (κ2) is 7.51. The lowest BCUT2D eigenvalue weighted by atomic mass is 9.90. The van der Waals surface area contributed by atoms with Crippen molar-refractivity contribution in [1.82, 2.24) is 4.90 Å². The molecular weight excluding hydrogens is 350 g/mol. The number of benzene rings is 2. The van der Waals surface area contributed by atoms with Crippen molar-refractivity contribution in [2.24, 2.45) is 11.8 Å². The van der Waals surface area contributed by atoms with E-state index in [0.717, 1.165) is 37.9 Å². The molecule has 1 saturated heterocycles. The van der Waals surface area contributed by atoms with Crippen molar-refractivity contribution >= 4 is 0 Å². The fourth-order valence-corrected chi connectivity index (χ4v) is 5.45. The van der Waals surface area contributed by atoms with E-state index in [0.29, 0.717) is 18.4 Å². The number of phenolic OH excluding ortho intramolecular Hbond substituents is 1. The van der Waals surface area contributed by atoms with Crippen molar-refractivity contribution < 1.29 is 15.3 Å². The van der Waals surface area contributed by atoms with E-state index in [1.165, 1.54) is 16.7 Å². The Morgan fingerprint density at radius 1 is 1.00 bits per heavy atom. The third-order valence-electron chi connectivity index (χ3n) is 6.46. The van der Waals surface area contributed by atoms with Gasteiger partial charge in [0.15, 0.2) is 0 Å². The molecule has 0 spiro atoms. The molecule has 3 N–H and O–H groups in total. The molecule has 2 fully saturated rings. The molecule has 2 aliphatic rings. The molecule has 1 aliphatic carbocycles. The van der Waals surface area contributed by atoms with Gasteiger partial charge < -0.3 is 15.3 Å². The van der Waals surface area contributed by atoms with E-state index < -0.39 is 11.7 Å². The Morgan fingerprint density at radius 3 is 2.14 bits per heavy atom. The lowest BCUT2D eigenvalue weighted by Gasteiger charge is -2.27. The van der Waals surface area contributed by atoms with E-state index in [1.807, 2.05) is 0 Å². The minimum atomic E-state index is -0.600. The number of aliphatic hydroxyl groups is 2. The predicted molar refractivity (Wildman–Crippen MR) is 110 cm³/mol. The van der Waals surface area contributed by atoms with E-state index >= 15 is 0 Å². The topological polar surface area (TPSA) is 63.9 Å². The monoisotopic (exact) mass is 381 g/mol. The molecule has 2 aromatic carbocycles. The van der Waals surface area contributed by atoms with Crippen LogP contribution in [0.25, 0.3) is 0 Å². The largest absolute Gasteiger partial charge is 0.508 e. The maximum atomic E-state index is 11.2. The number of hydrogen-bond acceptors (Lipinski definition) is 4. The molecule has 3 unspecified atom stereocenters. The van der Waals surface area contributed by atoms with Crippen molar-refractivity contribution in [3.8, 4) is 5.75 Å². The summed E-state index contributed by atoms with van der Waals surface area (Å²) in [5.74, 6) is 1.22. The van der Waals surface area contributed by atoms with Gasteiger partial charge in [0.1, 0.15) is 5.75 Å². The lowest BCUT2D eigenvalue weighted by molar-refractivity contribution is 0.0328. The zero-order valence-corrected chi connectivity index (χ0v) is 16.8. The Morgan fingerprint density at radius 2 is 1.57 bits per heavy atom. The van der Waals surface area contributed by atoms with Crippen LogP contribution in [0.3, 0.4) is 0 Å². The van der Waals surface area contributed by atoms with Crippen LogP contribution < -0.4 is 0 Å². The average molecular weight is 382 g/mol. The molecule has 0 aromatic heterocycles. The van der Waals surface area contributed by atoms with Crippen LogP contribution in [0.5, 0.6) is 5.75 Å². The van der Waals surface area contributed by atoms with Crippen molar-refractivity contribution in [2.75, 3.05) is 19.6 Å². The van der Waals surface area contributed by atoms with Gasteiger partial charge in [0.05, 0.1) is 11.7 Å². The van der Waals surface area contributed by atoms with Crippen LogP contribution in [0, 0.1) is 25.7 Å². The van der Waals surface area contributed by atoms with Gasteiger partial charge in [0, 0.05) is 26.1 Å². The van der Waals surface area contributed by atoms with Crippen LogP contribution in [-0.4, -0.2) is 45.5 Å². The fourth-order valence-electron chi connectivity index (χ4n) is 5.45. The summed E-state index contributed by atoms with van der Waals surface area (Å²) in [7, 11) is 0. The number of nitrogens with zero attached hydrogens (tertiary/aromatic N) is 1. The van der Waals surface area contributed by atoms with Gasteiger partial charge in [-0.1, -0.05) is 41.5 Å². The van der Waals surface area contributed by atoms with Gasteiger partial charge in [0.25, 0.3) is 0 Å². The van der Waals surface area contributed by atoms with E-state index in [9.17, 15) is 15.3 Å². The lowest BCUT2D eigenvalue weighted by Crippen LogP contribution is -2.33. The highest BCUT2D eigenvalue weighted by Gasteiger charge is 2.48. The quantitative estimate of drug-likeness (QED) is 0.743. The molecular formula is C24H31NO3. The van der Waals surface area contributed by atoms with Gasteiger partial charge in [-0.3, -0.25) is 4.90 Å². The molecule has 2 aromatic rings. The van der Waals surface area contributed by atoms with Gasteiger partial charge in [-0.15, -0.1) is 0 Å². The number of likely N-dealkylation sites (tertiary alicyclic amines) is 1. The van der Waals surface area contributed by atoms with Crippen LogP contribution in [0.4, 0.5) is 0 Å². The van der Waals surface area contributed by atoms with Gasteiger partial charge in [0.2, 0.25) is 0 Å². The summed E-state index contributed by atoms with van der Waals surface area (Å²) in [6.45, 7) is 6.71. The summed E-state index contributed by atoms with van der Waals surface area (Å²) in [6.07, 6.45) is 1.87. The molecule has 1 aliphatic heterocycles. The van der Waals surface area contributed by atoms with E-state index in [1.54, 1.807) is 24.3 Å². The van der Waals surface area contributed by atoms with Crippen molar-refractivity contribution in [3.63, 3.8) is 0 Å². The molecule has 150 valence electrons. The summed E-state index contributed by atoms with van der Waals surface area (Å²) in [5, 5.41) is 31.1. The van der Waals surface area contributed by atoms with Crippen molar-refractivity contribution in [3.05, 3.63) is 64.7 Å². The normalized spacial score (nSPS) is 28.4. The zero-order valence-electron chi connectivity index (χ0n) is 16.8. The molecule has 1 heterocycles. The van der Waals surface area contributed by atoms with Crippen LogP contribution in [0.15, 0.2) is 42.5 Å². The van der Waals surface area contributed by atoms with Crippen LogP contribution in [-0.2, 0) is 6.42 Å². The first-order valence-corrected chi connectivity index (χ1v) is 10.3. The number of aryl methyl sites for hydroxylation is 2. The predicted octanol–water partition coefficient (Wildman–Crippen LogP) is 3.36. The van der Waals surface area contributed by atoms with Gasteiger partial charge in [-0.05, 0) is 61.8 Å². The minimum absolute atomic E-state index is 0.217. The van der Waals surface area contributed by atoms with Crippen molar-refractivity contribution in [2.45, 2.75) is 44.8 Å². The summed E-state index contributed by atoms with van der Waals surface area (Å²) in [5.41, 5.74) is 3.98. The maximum absolute atomic E-state index is 11.2. The molecule has 28 heavy (non-hydrogen) atoms. The Balaban J connectivity index is 1.34. The maximum Gasteiger partial charge on any atom is 0.115 e. The second-order valence-electron chi connectivity index (χ2n) is 9.15. The van der Waals surface area contributed by atoms with Crippen LogP contribution in [0.2, 0.25) is 0 Å². The number of fused-ring (bicyclic) bond motifs is 1. The molecule has 1 saturated carbocycles. The highest BCUT2D eigenvalue weighted by atomic mass is 16.3. The molecule has 0 amide bonds. The van der Waals surface area contributed by atoms with Crippen LogP contribution in [0.1, 0.15) is 41.2 Å². The Kier molecular flexibility index (Phi) is 5.21. The third kappa shape index (κ3) is 4.24. The van der Waals surface area contributed by atoms with E-state index in [-0.39, 0.29) is 5.75 Å². The van der Waals surface area contributed by atoms with E-state index in [2.05, 4.69) is 36.9 Å². The first kappa shape index (κ1) is 19.4. The van der Waals surface area contributed by atoms with Gasteiger partial charge in [-0.25, -0.2) is 0 Å². The number of phenols is 1. The molecule has 0 radical (unpaired) electrons. The second-order valence-corrected chi connectivity index (χ2v) is 9.15. The Labute approximate surface area is 167 Å². The first-order chi connectivity index (χ1) is 13.3. The van der Waals surface area contributed by atoms with E-state index in [4.69, 9.17) is 0 Å². The summed E-state index contributed by atoms with van der Waals surface area (Å²) in [6, 6.07) is 13.3. The number of aliphatic hydroxyl groups excluding tert-OH is 1. The summed E-state index contributed by atoms with van der Waals surface area (Å²) >= 11 is 0. The Bertz CT molecular complexity index is 798. The molecule has 4 heteroatoms. The summed E-state index contributed by atoms with van der Waals surface area (Å²) < 4.78 is 0. The zero-order chi connectivity index (χ0) is 19.9. The fraction of sp³-hybridized carbons (Fsp3) is 0.500. The highest BCUT2D eigenvalue weighted by molar-refractivity contribution is 5.30. The van der Waals surface area contributed by atoms with Crippen LogP contribution >= 0.6 is 0 Å². The molecule has 3 atom stereocenters. The Hall–Kier alpha value is -1.88. The average Bonchev–Trinajstić information content (AvgIpc) is 3.08. The number of rotatable bonds is 5. The third-order valence-corrected chi connectivity index (χ3v) is 6.46. The number of β-amino-alcohol motifs (C(OH)–C–C–N with tert-alkyl or cyclic N) is 1. The highest BCUT2D eigenvalue weighted by Crippen LogP contribution is 2.45. The minimum Gasteiger partial charge on any atom is -0.508 e.